The molecule has 0 saturated carbocycles. The van der Waals surface area contributed by atoms with Gasteiger partial charge in [-0.05, 0) is 79.6 Å². The normalized spacial score (nSPS) is 11.9. The Morgan fingerprint density at radius 2 is 1.57 bits per heavy atom. The molecule has 0 bridgehead atoms. The SMILES string of the molecule is CCC(Sc1cccc(NC(=O)/C(=C\c2ccc(Cl)cc2Cl)NC(=O)c2ccccc2)c1)C(=O)Nc1c(C)n(C)n(-c2ccccc2)c1=O. The molecule has 12 heteroatoms. The summed E-state index contributed by atoms with van der Waals surface area (Å²) >= 11 is 13.7. The third-order valence-corrected chi connectivity index (χ3v) is 9.55. The zero-order valence-electron chi connectivity index (χ0n) is 26.9. The van der Waals surface area contributed by atoms with Crippen LogP contribution in [0.25, 0.3) is 11.8 Å². The molecule has 49 heavy (non-hydrogen) atoms. The van der Waals surface area contributed by atoms with Crippen LogP contribution >= 0.6 is 35.0 Å². The number of amides is 3. The molecule has 4 aromatic carbocycles. The van der Waals surface area contributed by atoms with Crippen molar-refractivity contribution in [1.29, 1.82) is 0 Å². The van der Waals surface area contributed by atoms with Gasteiger partial charge in [0.15, 0.2) is 0 Å². The molecule has 5 aromatic rings. The minimum atomic E-state index is -0.587. The third kappa shape index (κ3) is 8.53. The molecular formula is C37H33Cl2N5O4S. The Hall–Kier alpha value is -5.03. The van der Waals surface area contributed by atoms with Crippen LogP contribution in [0.4, 0.5) is 11.4 Å². The van der Waals surface area contributed by atoms with E-state index in [4.69, 9.17) is 23.2 Å². The molecule has 0 saturated heterocycles. The summed E-state index contributed by atoms with van der Waals surface area (Å²) in [6.45, 7) is 3.67. The first-order chi connectivity index (χ1) is 23.5. The zero-order chi connectivity index (χ0) is 35.1. The van der Waals surface area contributed by atoms with Gasteiger partial charge in [-0.15, -0.1) is 11.8 Å². The highest BCUT2D eigenvalue weighted by molar-refractivity contribution is 8.00. The molecular weight excluding hydrogens is 681 g/mol. The number of carbonyl (C=O) groups excluding carboxylic acids is 3. The lowest BCUT2D eigenvalue weighted by molar-refractivity contribution is -0.116. The van der Waals surface area contributed by atoms with E-state index in [-0.39, 0.29) is 22.9 Å². The van der Waals surface area contributed by atoms with Crippen molar-refractivity contribution in [3.63, 3.8) is 0 Å². The molecule has 3 amide bonds. The summed E-state index contributed by atoms with van der Waals surface area (Å²) in [5, 5.41) is 8.58. The lowest BCUT2D eigenvalue weighted by Gasteiger charge is -2.16. The smallest absolute Gasteiger partial charge is 0.295 e. The van der Waals surface area contributed by atoms with E-state index in [0.29, 0.717) is 49.6 Å². The van der Waals surface area contributed by atoms with Gasteiger partial charge in [0.2, 0.25) is 5.91 Å². The van der Waals surface area contributed by atoms with Crippen molar-refractivity contribution in [2.45, 2.75) is 30.4 Å². The van der Waals surface area contributed by atoms with E-state index in [9.17, 15) is 19.2 Å². The Morgan fingerprint density at radius 1 is 0.878 bits per heavy atom. The molecule has 1 aromatic heterocycles. The number of nitrogens with zero attached hydrogens (tertiary/aromatic N) is 2. The van der Waals surface area contributed by atoms with Crippen molar-refractivity contribution in [3.8, 4) is 5.69 Å². The molecule has 0 aliphatic heterocycles. The molecule has 0 aliphatic rings. The van der Waals surface area contributed by atoms with E-state index in [1.807, 2.05) is 43.3 Å². The fourth-order valence-corrected chi connectivity index (χ4v) is 6.44. The number of carbonyl (C=O) groups is 3. The number of halogens is 2. The standard InChI is InChI=1S/C37H33Cl2N5O4S/c1-4-32(36(47)42-33-23(2)43(3)44(37(33)48)28-15-9-6-10-16-28)49-29-17-11-14-27(22-29)40-35(46)31(20-25-18-19-26(38)21-30(25)39)41-34(45)24-12-7-5-8-13-24/h5-22,32H,4H2,1-3H3,(H,40,46)(H,41,45)(H,42,47)/b31-20+. The fraction of sp³-hybridized carbons (Fsp3) is 0.135. The molecule has 9 nitrogen and oxygen atoms in total. The molecule has 0 fully saturated rings. The van der Waals surface area contributed by atoms with Crippen molar-refractivity contribution in [2.75, 3.05) is 10.6 Å². The number of aromatic nitrogens is 2. The van der Waals surface area contributed by atoms with Gasteiger partial charge in [0.1, 0.15) is 11.4 Å². The molecule has 0 radical (unpaired) electrons. The van der Waals surface area contributed by atoms with Crippen molar-refractivity contribution in [3.05, 3.63) is 146 Å². The average molecular weight is 715 g/mol. The van der Waals surface area contributed by atoms with Crippen LogP contribution in [-0.2, 0) is 16.6 Å². The third-order valence-electron chi connectivity index (χ3n) is 7.63. The Kier molecular flexibility index (Phi) is 11.5. The van der Waals surface area contributed by atoms with E-state index in [0.717, 1.165) is 0 Å². The summed E-state index contributed by atoms with van der Waals surface area (Å²) in [5.74, 6) is -1.38. The summed E-state index contributed by atoms with van der Waals surface area (Å²) in [5.41, 5.74) is 2.45. The van der Waals surface area contributed by atoms with Crippen LogP contribution < -0.4 is 21.5 Å². The first kappa shape index (κ1) is 35.3. The summed E-state index contributed by atoms with van der Waals surface area (Å²) in [7, 11) is 1.77. The maximum Gasteiger partial charge on any atom is 0.295 e. The first-order valence-electron chi connectivity index (χ1n) is 15.3. The van der Waals surface area contributed by atoms with Crippen LogP contribution in [0, 0.1) is 6.92 Å². The largest absolute Gasteiger partial charge is 0.321 e. The minimum absolute atomic E-state index is 0.0404. The van der Waals surface area contributed by atoms with Crippen LogP contribution in [0.3, 0.4) is 0 Å². The van der Waals surface area contributed by atoms with Crippen LogP contribution in [0.5, 0.6) is 0 Å². The second-order valence-corrected chi connectivity index (χ2v) is 13.1. The number of para-hydroxylation sites is 1. The second kappa shape index (κ2) is 15.9. The topological polar surface area (TPSA) is 114 Å². The molecule has 0 aliphatic carbocycles. The van der Waals surface area contributed by atoms with Gasteiger partial charge in [-0.25, -0.2) is 4.68 Å². The van der Waals surface area contributed by atoms with Gasteiger partial charge >= 0.3 is 0 Å². The number of nitrogens with one attached hydrogen (secondary N) is 3. The average Bonchev–Trinajstić information content (AvgIpc) is 3.31. The summed E-state index contributed by atoms with van der Waals surface area (Å²) < 4.78 is 3.22. The maximum absolute atomic E-state index is 13.6. The van der Waals surface area contributed by atoms with E-state index in [1.165, 1.54) is 22.5 Å². The molecule has 1 heterocycles. The lowest BCUT2D eigenvalue weighted by atomic mass is 10.1. The molecule has 0 spiro atoms. The van der Waals surface area contributed by atoms with Gasteiger partial charge in [-0.2, -0.15) is 0 Å². The van der Waals surface area contributed by atoms with E-state index in [2.05, 4.69) is 16.0 Å². The fourth-order valence-electron chi connectivity index (χ4n) is 4.96. The maximum atomic E-state index is 13.6. The summed E-state index contributed by atoms with van der Waals surface area (Å²) in [6, 6.07) is 29.6. The van der Waals surface area contributed by atoms with Crippen LogP contribution in [-0.4, -0.2) is 32.3 Å². The molecule has 5 rings (SSSR count). The number of hydrogen-bond acceptors (Lipinski definition) is 5. The number of anilines is 2. The van der Waals surface area contributed by atoms with Crippen molar-refractivity contribution in [1.82, 2.24) is 14.7 Å². The Bertz CT molecular complexity index is 2100. The van der Waals surface area contributed by atoms with Crippen molar-refractivity contribution >= 4 is 70.1 Å². The van der Waals surface area contributed by atoms with Gasteiger partial charge in [0, 0.05) is 33.2 Å². The summed E-state index contributed by atoms with van der Waals surface area (Å²) in [6.07, 6.45) is 1.95. The van der Waals surface area contributed by atoms with Crippen molar-refractivity contribution < 1.29 is 14.4 Å². The number of thioether (sulfide) groups is 1. The van der Waals surface area contributed by atoms with Gasteiger partial charge in [0.25, 0.3) is 17.4 Å². The predicted molar refractivity (Wildman–Crippen MR) is 198 cm³/mol. The van der Waals surface area contributed by atoms with E-state index in [1.54, 1.807) is 85.4 Å². The quantitative estimate of drug-likeness (QED) is 0.0959. The number of rotatable bonds is 11. The van der Waals surface area contributed by atoms with Crippen LogP contribution in [0.1, 0.15) is 35.0 Å². The van der Waals surface area contributed by atoms with Gasteiger partial charge in [0.05, 0.1) is 16.6 Å². The molecule has 250 valence electrons. The molecule has 3 N–H and O–H groups in total. The number of benzene rings is 4. The first-order valence-corrected chi connectivity index (χ1v) is 17.0. The van der Waals surface area contributed by atoms with Crippen LogP contribution in [0.2, 0.25) is 10.0 Å². The van der Waals surface area contributed by atoms with Crippen molar-refractivity contribution in [2.24, 2.45) is 7.05 Å². The highest BCUT2D eigenvalue weighted by atomic mass is 35.5. The molecule has 1 unspecified atom stereocenters. The Morgan fingerprint density at radius 3 is 2.24 bits per heavy atom. The second-order valence-electron chi connectivity index (χ2n) is 11.0. The highest BCUT2D eigenvalue weighted by Crippen LogP contribution is 2.29. The Balaban J connectivity index is 1.33. The zero-order valence-corrected chi connectivity index (χ0v) is 29.2. The monoisotopic (exact) mass is 713 g/mol. The summed E-state index contributed by atoms with van der Waals surface area (Å²) in [4.78, 5) is 54.2. The van der Waals surface area contributed by atoms with E-state index < -0.39 is 17.1 Å². The van der Waals surface area contributed by atoms with Crippen LogP contribution in [0.15, 0.2) is 119 Å². The molecule has 1 atom stereocenters. The minimum Gasteiger partial charge on any atom is -0.321 e. The Labute approximate surface area is 297 Å². The predicted octanol–water partition coefficient (Wildman–Crippen LogP) is 7.71. The van der Waals surface area contributed by atoms with E-state index >= 15 is 0 Å². The lowest BCUT2D eigenvalue weighted by Crippen LogP contribution is -2.30. The van der Waals surface area contributed by atoms with Gasteiger partial charge in [-0.3, -0.25) is 23.9 Å². The van der Waals surface area contributed by atoms with Gasteiger partial charge in [-0.1, -0.05) is 78.7 Å². The highest BCUT2D eigenvalue weighted by Gasteiger charge is 2.24. The number of hydrogen-bond donors (Lipinski definition) is 3. The van der Waals surface area contributed by atoms with Gasteiger partial charge < -0.3 is 16.0 Å².